The van der Waals surface area contributed by atoms with E-state index in [0.29, 0.717) is 11.3 Å². The first-order valence-corrected chi connectivity index (χ1v) is 7.70. The number of H-pyrrole nitrogens is 1. The molecule has 2 rings (SSSR count). The van der Waals surface area contributed by atoms with Crippen LogP contribution in [0, 0.1) is 11.7 Å². The average molecular weight is 359 g/mol. The molecule has 2 N–H and O–H groups in total. The molecule has 0 radical (unpaired) electrons. The minimum absolute atomic E-state index is 0.0432. The molecule has 1 heterocycles. The van der Waals surface area contributed by atoms with E-state index < -0.39 is 11.5 Å². The van der Waals surface area contributed by atoms with Crippen LogP contribution < -0.4 is 5.56 Å². The van der Waals surface area contributed by atoms with Gasteiger partial charge in [0, 0.05) is 12.8 Å². The predicted octanol–water partition coefficient (Wildman–Crippen LogP) is 2.64. The number of carbonyl (C=O) groups is 1. The van der Waals surface area contributed by atoms with Crippen LogP contribution in [0.15, 0.2) is 40.6 Å². The summed E-state index contributed by atoms with van der Waals surface area (Å²) in [6.45, 7) is 5.62. The number of esters is 1. The maximum absolute atomic E-state index is 12.1. The predicted molar refractivity (Wildman–Crippen MR) is 97.5 cm³/mol. The maximum Gasteiger partial charge on any atom is 0.337 e. The molecule has 0 atom stereocenters. The lowest BCUT2D eigenvalue weighted by atomic mass is 10.1. The molecule has 0 aliphatic rings. The highest BCUT2D eigenvalue weighted by molar-refractivity contribution is 7.71. The summed E-state index contributed by atoms with van der Waals surface area (Å²) in [5, 5.41) is 10.3. The number of aromatic nitrogens is 2. The van der Waals surface area contributed by atoms with Crippen LogP contribution >= 0.6 is 12.2 Å². The standard InChI is InChI=1S/C17H17N3O4S/c1-4-7-20-15(22)12(14(21)19-17(20)25)9-18-13-8-11(16(23)24-3)6-5-10(13)2/h4-6,8-9,22H,1,7H2,2-3H3,(H,19,21,25). The second kappa shape index (κ2) is 7.71. The average Bonchev–Trinajstić information content (AvgIpc) is 2.59. The number of nitrogens with zero attached hydrogens (tertiary/aromatic N) is 2. The van der Waals surface area contributed by atoms with Crippen molar-refractivity contribution in [2.24, 2.45) is 4.99 Å². The highest BCUT2D eigenvalue weighted by atomic mass is 32.1. The van der Waals surface area contributed by atoms with Crippen molar-refractivity contribution in [3.63, 3.8) is 0 Å². The Labute approximate surface area is 148 Å². The molecule has 0 saturated carbocycles. The van der Waals surface area contributed by atoms with Crippen LogP contribution in [0.1, 0.15) is 21.5 Å². The van der Waals surface area contributed by atoms with Gasteiger partial charge in [0.05, 0.1) is 18.4 Å². The Kier molecular flexibility index (Phi) is 5.66. The van der Waals surface area contributed by atoms with Gasteiger partial charge in [-0.3, -0.25) is 19.3 Å². The zero-order chi connectivity index (χ0) is 18.6. The first kappa shape index (κ1) is 18.3. The number of nitrogens with one attached hydrogen (secondary N) is 1. The summed E-state index contributed by atoms with van der Waals surface area (Å²) < 4.78 is 6.09. The number of ether oxygens (including phenoxy) is 1. The number of aromatic amines is 1. The van der Waals surface area contributed by atoms with Gasteiger partial charge in [-0.1, -0.05) is 12.1 Å². The van der Waals surface area contributed by atoms with Crippen molar-refractivity contribution < 1.29 is 14.6 Å². The van der Waals surface area contributed by atoms with E-state index in [-0.39, 0.29) is 22.8 Å². The summed E-state index contributed by atoms with van der Waals surface area (Å²) in [5.41, 5.74) is 0.991. The van der Waals surface area contributed by atoms with Crippen molar-refractivity contribution in [2.75, 3.05) is 7.11 Å². The van der Waals surface area contributed by atoms with E-state index in [1.54, 1.807) is 24.3 Å². The molecule has 0 aliphatic heterocycles. The summed E-state index contributed by atoms with van der Waals surface area (Å²) >= 11 is 5.01. The molecule has 7 nitrogen and oxygen atoms in total. The van der Waals surface area contributed by atoms with Crippen molar-refractivity contribution in [1.82, 2.24) is 9.55 Å². The molecule has 0 amide bonds. The number of aliphatic imine (C=N–C) groups is 1. The molecule has 25 heavy (non-hydrogen) atoms. The van der Waals surface area contributed by atoms with E-state index in [0.717, 1.165) is 5.56 Å². The minimum Gasteiger partial charge on any atom is -0.494 e. The van der Waals surface area contributed by atoms with Crippen LogP contribution in [0.5, 0.6) is 5.88 Å². The summed E-state index contributed by atoms with van der Waals surface area (Å²) in [7, 11) is 1.29. The number of aromatic hydroxyl groups is 1. The normalized spacial score (nSPS) is 10.8. The van der Waals surface area contributed by atoms with E-state index >= 15 is 0 Å². The smallest absolute Gasteiger partial charge is 0.337 e. The number of rotatable bonds is 5. The topological polar surface area (TPSA) is 96.7 Å². The van der Waals surface area contributed by atoms with Crippen LogP contribution in [0.4, 0.5) is 5.69 Å². The Hall–Kier alpha value is -3.00. The zero-order valence-electron chi connectivity index (χ0n) is 13.8. The zero-order valence-corrected chi connectivity index (χ0v) is 14.6. The van der Waals surface area contributed by atoms with Gasteiger partial charge in [0.1, 0.15) is 5.56 Å². The number of hydrogen-bond donors (Lipinski definition) is 2. The SMILES string of the molecule is C=CCn1c(O)c(C=Nc2cc(C(=O)OC)ccc2C)c(=O)[nH]c1=S. The lowest BCUT2D eigenvalue weighted by Gasteiger charge is -2.08. The van der Waals surface area contributed by atoms with Crippen molar-refractivity contribution in [2.45, 2.75) is 13.5 Å². The fraction of sp³-hybridized carbons (Fsp3) is 0.176. The van der Waals surface area contributed by atoms with E-state index in [1.165, 1.54) is 17.9 Å². The van der Waals surface area contributed by atoms with E-state index in [4.69, 9.17) is 12.2 Å². The number of aryl methyl sites for hydroxylation is 1. The Morgan fingerprint density at radius 3 is 2.88 bits per heavy atom. The second-order valence-corrected chi connectivity index (χ2v) is 5.53. The van der Waals surface area contributed by atoms with Gasteiger partial charge < -0.3 is 9.84 Å². The Morgan fingerprint density at radius 1 is 1.52 bits per heavy atom. The van der Waals surface area contributed by atoms with Crippen LogP contribution in [0.3, 0.4) is 0 Å². The second-order valence-electron chi connectivity index (χ2n) is 5.15. The van der Waals surface area contributed by atoms with Crippen molar-refractivity contribution in [3.05, 3.63) is 62.7 Å². The van der Waals surface area contributed by atoms with Gasteiger partial charge in [-0.2, -0.15) is 0 Å². The number of benzene rings is 1. The van der Waals surface area contributed by atoms with E-state index in [1.807, 2.05) is 6.92 Å². The van der Waals surface area contributed by atoms with E-state index in [9.17, 15) is 14.7 Å². The van der Waals surface area contributed by atoms with Gasteiger partial charge in [0.25, 0.3) is 5.56 Å². The molecule has 0 bridgehead atoms. The lowest BCUT2D eigenvalue weighted by molar-refractivity contribution is 0.0601. The molecular weight excluding hydrogens is 342 g/mol. The third-order valence-electron chi connectivity index (χ3n) is 3.48. The highest BCUT2D eigenvalue weighted by Crippen LogP contribution is 2.21. The highest BCUT2D eigenvalue weighted by Gasteiger charge is 2.11. The molecule has 0 saturated heterocycles. The first-order chi connectivity index (χ1) is 11.9. The van der Waals surface area contributed by atoms with Gasteiger partial charge in [-0.15, -0.1) is 6.58 Å². The largest absolute Gasteiger partial charge is 0.494 e. The Bertz CT molecular complexity index is 973. The molecule has 0 fully saturated rings. The molecule has 0 unspecified atom stereocenters. The first-order valence-electron chi connectivity index (χ1n) is 7.29. The summed E-state index contributed by atoms with van der Waals surface area (Å²) in [5.74, 6) is -0.796. The molecule has 1 aromatic heterocycles. The fourth-order valence-electron chi connectivity index (χ4n) is 2.12. The van der Waals surface area contributed by atoms with Gasteiger partial charge in [-0.05, 0) is 36.8 Å². The summed E-state index contributed by atoms with van der Waals surface area (Å²) in [6.07, 6.45) is 2.77. The number of allylic oxidation sites excluding steroid dienone is 1. The van der Waals surface area contributed by atoms with Gasteiger partial charge in [-0.25, -0.2) is 4.79 Å². The summed E-state index contributed by atoms with van der Waals surface area (Å²) in [4.78, 5) is 30.4. The number of hydrogen-bond acceptors (Lipinski definition) is 6. The van der Waals surface area contributed by atoms with Gasteiger partial charge in [0.2, 0.25) is 5.88 Å². The van der Waals surface area contributed by atoms with Gasteiger partial charge in [0.15, 0.2) is 4.77 Å². The van der Waals surface area contributed by atoms with Crippen molar-refractivity contribution in [1.29, 1.82) is 0 Å². The molecule has 0 spiro atoms. The Morgan fingerprint density at radius 2 is 2.24 bits per heavy atom. The monoisotopic (exact) mass is 359 g/mol. The number of carbonyl (C=O) groups excluding carboxylic acids is 1. The van der Waals surface area contributed by atoms with Crippen molar-refractivity contribution >= 4 is 30.1 Å². The molecule has 2 aromatic rings. The van der Waals surface area contributed by atoms with Crippen LogP contribution in [-0.2, 0) is 11.3 Å². The van der Waals surface area contributed by atoms with Crippen LogP contribution in [0.25, 0.3) is 0 Å². The quantitative estimate of drug-likeness (QED) is 0.370. The minimum atomic E-state index is -0.562. The van der Waals surface area contributed by atoms with Crippen LogP contribution in [-0.4, -0.2) is 34.0 Å². The molecular formula is C17H17N3O4S. The van der Waals surface area contributed by atoms with Gasteiger partial charge >= 0.3 is 5.97 Å². The fourth-order valence-corrected chi connectivity index (χ4v) is 2.37. The Balaban J connectivity index is 2.52. The maximum atomic E-state index is 12.1. The van der Waals surface area contributed by atoms with Crippen molar-refractivity contribution in [3.8, 4) is 5.88 Å². The summed E-state index contributed by atoms with van der Waals surface area (Å²) in [6, 6.07) is 4.88. The van der Waals surface area contributed by atoms with E-state index in [2.05, 4.69) is 21.3 Å². The van der Waals surface area contributed by atoms with Crippen LogP contribution in [0.2, 0.25) is 0 Å². The molecule has 130 valence electrons. The molecule has 1 aromatic carbocycles. The third-order valence-corrected chi connectivity index (χ3v) is 3.80. The third kappa shape index (κ3) is 3.92. The lowest BCUT2D eigenvalue weighted by Crippen LogP contribution is -2.18. The number of methoxy groups -OCH3 is 1. The molecule has 0 aliphatic carbocycles. The molecule has 8 heteroatoms.